The predicted molar refractivity (Wildman–Crippen MR) is 105 cm³/mol. The zero-order valence-corrected chi connectivity index (χ0v) is 16.0. The Morgan fingerprint density at radius 3 is 2.56 bits per heavy atom. The summed E-state index contributed by atoms with van der Waals surface area (Å²) in [6, 6.07) is 17.5. The third-order valence-corrected chi connectivity index (χ3v) is 5.20. The van der Waals surface area contributed by atoms with Crippen LogP contribution in [-0.2, 0) is 11.3 Å². The lowest BCUT2D eigenvalue weighted by Crippen LogP contribution is -2.15. The maximum atomic E-state index is 12.2. The number of rotatable bonds is 6. The average Bonchev–Trinajstić information content (AvgIpc) is 3.05. The minimum atomic E-state index is -0.0798. The van der Waals surface area contributed by atoms with Crippen LogP contribution < -0.4 is 5.32 Å². The fraction of sp³-hybridized carbons (Fsp3) is 0.167. The fourth-order valence-electron chi connectivity index (χ4n) is 2.36. The summed E-state index contributed by atoms with van der Waals surface area (Å²) < 4.78 is 2.88. The van der Waals surface area contributed by atoms with Gasteiger partial charge in [-0.15, -0.1) is 10.2 Å². The molecule has 0 saturated carbocycles. The van der Waals surface area contributed by atoms with Crippen molar-refractivity contribution in [3.8, 4) is 11.4 Å². The standard InChI is InChI=1S/C18H17BrN4OS/c1-2-23-17(13-8-4-3-5-9-13)21-22-18(23)25-12-16(24)20-15-11-7-6-10-14(15)19/h3-11H,2,12H2,1H3,(H,20,24). The van der Waals surface area contributed by atoms with E-state index in [0.29, 0.717) is 0 Å². The third-order valence-electron chi connectivity index (χ3n) is 3.55. The van der Waals surface area contributed by atoms with Crippen molar-refractivity contribution in [3.63, 3.8) is 0 Å². The number of aromatic nitrogens is 3. The number of hydrogen-bond donors (Lipinski definition) is 1. The predicted octanol–water partition coefficient (Wildman–Crippen LogP) is 4.46. The van der Waals surface area contributed by atoms with E-state index < -0.39 is 0 Å². The lowest BCUT2D eigenvalue weighted by atomic mass is 10.2. The molecule has 25 heavy (non-hydrogen) atoms. The summed E-state index contributed by atoms with van der Waals surface area (Å²) in [5.41, 5.74) is 1.77. The summed E-state index contributed by atoms with van der Waals surface area (Å²) in [4.78, 5) is 12.2. The number of carbonyl (C=O) groups excluding carboxylic acids is 1. The van der Waals surface area contributed by atoms with E-state index in [1.165, 1.54) is 11.8 Å². The first-order chi connectivity index (χ1) is 12.2. The lowest BCUT2D eigenvalue weighted by molar-refractivity contribution is -0.113. The van der Waals surface area contributed by atoms with Gasteiger partial charge in [-0.3, -0.25) is 4.79 Å². The number of nitrogens with zero attached hydrogens (tertiary/aromatic N) is 3. The second-order valence-corrected chi connectivity index (χ2v) is 7.03. The molecule has 0 aliphatic carbocycles. The maximum Gasteiger partial charge on any atom is 0.234 e. The van der Waals surface area contributed by atoms with Crippen LogP contribution in [-0.4, -0.2) is 26.4 Å². The first-order valence-corrected chi connectivity index (χ1v) is 9.62. The normalized spacial score (nSPS) is 10.6. The number of anilines is 1. The molecule has 3 rings (SSSR count). The molecule has 0 atom stereocenters. The van der Waals surface area contributed by atoms with Gasteiger partial charge in [0, 0.05) is 16.6 Å². The van der Waals surface area contributed by atoms with E-state index in [2.05, 4.69) is 31.4 Å². The molecule has 2 aromatic carbocycles. The molecule has 1 N–H and O–H groups in total. The Bertz CT molecular complexity index is 867. The number of carbonyl (C=O) groups is 1. The topological polar surface area (TPSA) is 59.8 Å². The Kier molecular flexibility index (Phi) is 5.88. The van der Waals surface area contributed by atoms with E-state index in [1.54, 1.807) is 0 Å². The van der Waals surface area contributed by atoms with Crippen LogP contribution in [0.15, 0.2) is 64.2 Å². The average molecular weight is 417 g/mol. The van der Waals surface area contributed by atoms with Gasteiger partial charge in [0.25, 0.3) is 0 Å². The summed E-state index contributed by atoms with van der Waals surface area (Å²) in [6.07, 6.45) is 0. The van der Waals surface area contributed by atoms with Crippen LogP contribution in [0.4, 0.5) is 5.69 Å². The highest BCUT2D eigenvalue weighted by Gasteiger charge is 2.14. The smallest absolute Gasteiger partial charge is 0.234 e. The van der Waals surface area contributed by atoms with Crippen molar-refractivity contribution in [3.05, 3.63) is 59.1 Å². The summed E-state index contributed by atoms with van der Waals surface area (Å²) in [5.74, 6) is 1.01. The molecule has 0 radical (unpaired) electrons. The largest absolute Gasteiger partial charge is 0.324 e. The second kappa shape index (κ2) is 8.31. The number of thioether (sulfide) groups is 1. The van der Waals surface area contributed by atoms with Gasteiger partial charge < -0.3 is 9.88 Å². The Morgan fingerprint density at radius 1 is 1.12 bits per heavy atom. The molecule has 5 nitrogen and oxygen atoms in total. The molecule has 0 spiro atoms. The number of nitrogens with one attached hydrogen (secondary N) is 1. The van der Waals surface area contributed by atoms with Crippen molar-refractivity contribution >= 4 is 39.3 Å². The molecule has 0 saturated heterocycles. The second-order valence-electron chi connectivity index (χ2n) is 5.23. The molecule has 128 valence electrons. The third kappa shape index (κ3) is 4.29. The van der Waals surface area contributed by atoms with Gasteiger partial charge in [0.05, 0.1) is 11.4 Å². The summed E-state index contributed by atoms with van der Waals surface area (Å²) in [6.45, 7) is 2.78. The molecule has 1 amide bonds. The molecule has 1 heterocycles. The Labute approximate surface area is 159 Å². The Balaban J connectivity index is 1.68. The lowest BCUT2D eigenvalue weighted by Gasteiger charge is -2.08. The van der Waals surface area contributed by atoms with Crippen molar-refractivity contribution in [2.75, 3.05) is 11.1 Å². The van der Waals surface area contributed by atoms with Crippen LogP contribution in [0.1, 0.15) is 6.92 Å². The van der Waals surface area contributed by atoms with Crippen LogP contribution in [0.5, 0.6) is 0 Å². The van der Waals surface area contributed by atoms with Crippen molar-refractivity contribution in [1.82, 2.24) is 14.8 Å². The number of benzene rings is 2. The highest BCUT2D eigenvalue weighted by molar-refractivity contribution is 9.10. The molecule has 1 aromatic heterocycles. The molecular formula is C18H17BrN4OS. The van der Waals surface area contributed by atoms with Crippen LogP contribution in [0.3, 0.4) is 0 Å². The molecule has 3 aromatic rings. The fourth-order valence-corrected chi connectivity index (χ4v) is 3.55. The van der Waals surface area contributed by atoms with E-state index >= 15 is 0 Å². The van der Waals surface area contributed by atoms with Crippen LogP contribution in [0.25, 0.3) is 11.4 Å². The number of halogens is 1. The van der Waals surface area contributed by atoms with Crippen LogP contribution in [0, 0.1) is 0 Å². The quantitative estimate of drug-likeness (QED) is 0.602. The van der Waals surface area contributed by atoms with E-state index in [0.717, 1.165) is 33.2 Å². The Morgan fingerprint density at radius 2 is 1.84 bits per heavy atom. The van der Waals surface area contributed by atoms with Crippen LogP contribution >= 0.6 is 27.7 Å². The molecule has 0 unspecified atom stereocenters. The van der Waals surface area contributed by atoms with Crippen LogP contribution in [0.2, 0.25) is 0 Å². The van der Waals surface area contributed by atoms with Crippen molar-refractivity contribution in [2.45, 2.75) is 18.6 Å². The molecule has 7 heteroatoms. The van der Waals surface area contributed by atoms with E-state index in [9.17, 15) is 4.79 Å². The molecular weight excluding hydrogens is 400 g/mol. The summed E-state index contributed by atoms with van der Waals surface area (Å²) in [5, 5.41) is 12.2. The first kappa shape index (κ1) is 17.7. The number of amides is 1. The molecule has 0 aliphatic rings. The minimum Gasteiger partial charge on any atom is -0.324 e. The van der Waals surface area contributed by atoms with E-state index in [4.69, 9.17) is 0 Å². The van der Waals surface area contributed by atoms with Gasteiger partial charge in [-0.2, -0.15) is 0 Å². The molecule has 0 aliphatic heterocycles. The summed E-state index contributed by atoms with van der Waals surface area (Å²) in [7, 11) is 0. The van der Waals surface area contributed by atoms with Gasteiger partial charge in [-0.05, 0) is 35.0 Å². The van der Waals surface area contributed by atoms with Crippen molar-refractivity contribution in [2.24, 2.45) is 0 Å². The van der Waals surface area contributed by atoms with E-state index in [-0.39, 0.29) is 11.7 Å². The molecule has 0 bridgehead atoms. The zero-order chi connectivity index (χ0) is 17.6. The van der Waals surface area contributed by atoms with Gasteiger partial charge in [-0.1, -0.05) is 54.2 Å². The van der Waals surface area contributed by atoms with E-state index in [1.807, 2.05) is 66.1 Å². The van der Waals surface area contributed by atoms with Gasteiger partial charge in [0.2, 0.25) is 5.91 Å². The molecule has 0 fully saturated rings. The number of hydrogen-bond acceptors (Lipinski definition) is 4. The van der Waals surface area contributed by atoms with Crippen molar-refractivity contribution in [1.29, 1.82) is 0 Å². The van der Waals surface area contributed by atoms with Gasteiger partial charge in [0.15, 0.2) is 11.0 Å². The highest BCUT2D eigenvalue weighted by atomic mass is 79.9. The SMILES string of the molecule is CCn1c(SCC(=O)Nc2ccccc2Br)nnc1-c1ccccc1. The zero-order valence-electron chi connectivity index (χ0n) is 13.6. The highest BCUT2D eigenvalue weighted by Crippen LogP contribution is 2.25. The minimum absolute atomic E-state index is 0.0798. The van der Waals surface area contributed by atoms with Gasteiger partial charge in [-0.25, -0.2) is 0 Å². The maximum absolute atomic E-state index is 12.2. The first-order valence-electron chi connectivity index (χ1n) is 7.85. The summed E-state index contributed by atoms with van der Waals surface area (Å²) >= 11 is 4.81. The Hall–Kier alpha value is -2.12. The monoisotopic (exact) mass is 416 g/mol. The van der Waals surface area contributed by atoms with Crippen molar-refractivity contribution < 1.29 is 4.79 Å². The van der Waals surface area contributed by atoms with Gasteiger partial charge >= 0.3 is 0 Å². The number of para-hydroxylation sites is 1. The van der Waals surface area contributed by atoms with Gasteiger partial charge in [0.1, 0.15) is 0 Å².